The molecule has 1 saturated heterocycles. The second kappa shape index (κ2) is 5.14. The molecule has 1 aromatic heterocycles. The van der Waals surface area contributed by atoms with Gasteiger partial charge in [0.2, 0.25) is 0 Å². The molecule has 1 saturated carbocycles. The van der Waals surface area contributed by atoms with Crippen LogP contribution in [0.25, 0.3) is 0 Å². The third kappa shape index (κ3) is 2.17. The molecule has 0 aromatic carbocycles. The predicted molar refractivity (Wildman–Crippen MR) is 70.5 cm³/mol. The number of anilines is 1. The van der Waals surface area contributed by atoms with Crippen LogP contribution < -0.4 is 11.3 Å². The minimum Gasteiger partial charge on any atom is -0.374 e. The summed E-state index contributed by atoms with van der Waals surface area (Å²) in [6.07, 6.45) is 4.99. The summed E-state index contributed by atoms with van der Waals surface area (Å²) in [6.45, 7) is 1.25. The number of nitrogens with one attached hydrogen (secondary N) is 1. The Morgan fingerprint density at radius 1 is 1.53 bits per heavy atom. The van der Waals surface area contributed by atoms with Crippen molar-refractivity contribution in [2.24, 2.45) is 5.84 Å². The van der Waals surface area contributed by atoms with Crippen molar-refractivity contribution in [3.05, 3.63) is 23.9 Å². The lowest BCUT2D eigenvalue weighted by molar-refractivity contribution is -0.0445. The second-order valence-electron chi connectivity index (χ2n) is 4.95. The first-order chi connectivity index (χ1) is 9.31. The van der Waals surface area contributed by atoms with Gasteiger partial charge in [-0.25, -0.2) is 10.8 Å². The number of hydrogen-bond donors (Lipinski definition) is 2. The standard InChI is InChI=1S/C13H18N4O2/c14-16-12-9(3-2-6-15-12)13(18)17-7-8-19-11-5-1-4-10(11)17/h2-3,6,10-11H,1,4-5,7-8,14H2,(H,15,16). The Kier molecular flexibility index (Phi) is 3.35. The highest BCUT2D eigenvalue weighted by molar-refractivity contribution is 5.98. The molecule has 2 fully saturated rings. The third-order valence-corrected chi connectivity index (χ3v) is 3.92. The smallest absolute Gasteiger partial charge is 0.258 e. The largest absolute Gasteiger partial charge is 0.374 e. The van der Waals surface area contributed by atoms with E-state index < -0.39 is 0 Å². The molecule has 0 radical (unpaired) electrons. The Morgan fingerprint density at radius 3 is 3.26 bits per heavy atom. The number of carbonyl (C=O) groups excluding carboxylic acids is 1. The van der Waals surface area contributed by atoms with E-state index in [0.29, 0.717) is 24.5 Å². The minimum absolute atomic E-state index is 0.0127. The molecule has 2 atom stereocenters. The quantitative estimate of drug-likeness (QED) is 0.607. The van der Waals surface area contributed by atoms with Gasteiger partial charge in [0.05, 0.1) is 24.3 Å². The lowest BCUT2D eigenvalue weighted by Gasteiger charge is -2.37. The third-order valence-electron chi connectivity index (χ3n) is 3.92. The number of nitrogen functional groups attached to an aromatic ring is 1. The van der Waals surface area contributed by atoms with E-state index in [1.54, 1.807) is 18.3 Å². The van der Waals surface area contributed by atoms with Crippen molar-refractivity contribution in [3.63, 3.8) is 0 Å². The summed E-state index contributed by atoms with van der Waals surface area (Å²) in [7, 11) is 0. The van der Waals surface area contributed by atoms with Crippen molar-refractivity contribution in [2.45, 2.75) is 31.4 Å². The van der Waals surface area contributed by atoms with Gasteiger partial charge < -0.3 is 15.1 Å². The number of fused-ring (bicyclic) bond motifs is 1. The molecule has 1 aliphatic heterocycles. The predicted octanol–water partition coefficient (Wildman–Crippen LogP) is 0.761. The van der Waals surface area contributed by atoms with Crippen LogP contribution in [0.15, 0.2) is 18.3 Å². The number of aromatic nitrogens is 1. The number of amides is 1. The molecule has 6 heteroatoms. The number of carbonyl (C=O) groups is 1. The van der Waals surface area contributed by atoms with E-state index in [-0.39, 0.29) is 18.1 Å². The molecule has 3 rings (SSSR count). The lowest BCUT2D eigenvalue weighted by Crippen LogP contribution is -2.51. The first kappa shape index (κ1) is 12.4. The molecule has 2 heterocycles. The minimum atomic E-state index is -0.0127. The fraction of sp³-hybridized carbons (Fsp3) is 0.538. The van der Waals surface area contributed by atoms with E-state index in [1.807, 2.05) is 4.90 Å². The van der Waals surface area contributed by atoms with Gasteiger partial charge in [-0.15, -0.1) is 0 Å². The highest BCUT2D eigenvalue weighted by atomic mass is 16.5. The molecule has 0 spiro atoms. The molecule has 1 amide bonds. The van der Waals surface area contributed by atoms with Crippen molar-refractivity contribution in [2.75, 3.05) is 18.6 Å². The number of nitrogens with zero attached hydrogens (tertiary/aromatic N) is 2. The van der Waals surface area contributed by atoms with Crippen molar-refractivity contribution in [1.29, 1.82) is 0 Å². The van der Waals surface area contributed by atoms with E-state index in [0.717, 1.165) is 19.3 Å². The molecule has 3 N–H and O–H groups in total. The topological polar surface area (TPSA) is 80.5 Å². The number of hydrazine groups is 1. The zero-order valence-corrected chi connectivity index (χ0v) is 10.7. The van der Waals surface area contributed by atoms with E-state index >= 15 is 0 Å². The van der Waals surface area contributed by atoms with Gasteiger partial charge >= 0.3 is 0 Å². The molecule has 1 aromatic rings. The van der Waals surface area contributed by atoms with Crippen molar-refractivity contribution in [1.82, 2.24) is 9.88 Å². The maximum Gasteiger partial charge on any atom is 0.258 e. The fourth-order valence-corrected chi connectivity index (χ4v) is 3.03. The average molecular weight is 262 g/mol. The number of morpholine rings is 1. The van der Waals surface area contributed by atoms with Crippen LogP contribution in [-0.2, 0) is 4.74 Å². The Labute approximate surface area is 111 Å². The van der Waals surface area contributed by atoms with E-state index in [1.165, 1.54) is 0 Å². The molecule has 19 heavy (non-hydrogen) atoms. The molecule has 0 bridgehead atoms. The second-order valence-corrected chi connectivity index (χ2v) is 4.95. The Hall–Kier alpha value is -1.66. The van der Waals surface area contributed by atoms with Crippen LogP contribution in [0.2, 0.25) is 0 Å². The lowest BCUT2D eigenvalue weighted by atomic mass is 10.1. The summed E-state index contributed by atoms with van der Waals surface area (Å²) < 4.78 is 5.72. The van der Waals surface area contributed by atoms with Gasteiger partial charge in [0.15, 0.2) is 5.82 Å². The average Bonchev–Trinajstić information content (AvgIpc) is 2.94. The summed E-state index contributed by atoms with van der Waals surface area (Å²) >= 11 is 0. The van der Waals surface area contributed by atoms with Gasteiger partial charge in [0.25, 0.3) is 5.91 Å². The highest BCUT2D eigenvalue weighted by Gasteiger charge is 2.39. The van der Waals surface area contributed by atoms with Crippen molar-refractivity contribution >= 4 is 11.7 Å². The Balaban J connectivity index is 1.86. The molecular formula is C13H18N4O2. The molecule has 102 valence electrons. The van der Waals surface area contributed by atoms with Gasteiger partial charge in [-0.1, -0.05) is 0 Å². The zero-order chi connectivity index (χ0) is 13.2. The number of ether oxygens (including phenoxy) is 1. The summed E-state index contributed by atoms with van der Waals surface area (Å²) in [5.74, 6) is 5.83. The summed E-state index contributed by atoms with van der Waals surface area (Å²) in [5.41, 5.74) is 3.01. The monoisotopic (exact) mass is 262 g/mol. The van der Waals surface area contributed by atoms with Crippen LogP contribution in [0.1, 0.15) is 29.6 Å². The normalized spacial score (nSPS) is 26.1. The Morgan fingerprint density at radius 2 is 2.42 bits per heavy atom. The van der Waals surface area contributed by atoms with Gasteiger partial charge in [-0.3, -0.25) is 4.79 Å². The van der Waals surface area contributed by atoms with E-state index in [2.05, 4.69) is 10.4 Å². The van der Waals surface area contributed by atoms with E-state index in [4.69, 9.17) is 10.6 Å². The van der Waals surface area contributed by atoms with E-state index in [9.17, 15) is 4.79 Å². The Bertz CT molecular complexity index is 479. The first-order valence-corrected chi connectivity index (χ1v) is 6.65. The fourth-order valence-electron chi connectivity index (χ4n) is 3.03. The molecule has 6 nitrogen and oxygen atoms in total. The summed E-state index contributed by atoms with van der Waals surface area (Å²) in [5, 5.41) is 0. The van der Waals surface area contributed by atoms with Crippen molar-refractivity contribution < 1.29 is 9.53 Å². The van der Waals surface area contributed by atoms with Crippen LogP contribution in [-0.4, -0.2) is 41.1 Å². The van der Waals surface area contributed by atoms with Gasteiger partial charge in [0, 0.05) is 12.7 Å². The maximum atomic E-state index is 12.7. The molecule has 2 unspecified atom stereocenters. The van der Waals surface area contributed by atoms with Crippen LogP contribution >= 0.6 is 0 Å². The summed E-state index contributed by atoms with van der Waals surface area (Å²) in [4.78, 5) is 18.7. The van der Waals surface area contributed by atoms with Gasteiger partial charge in [-0.2, -0.15) is 0 Å². The SMILES string of the molecule is NNc1ncccc1C(=O)N1CCOC2CCCC21. The highest BCUT2D eigenvalue weighted by Crippen LogP contribution is 2.31. The maximum absolute atomic E-state index is 12.7. The molecule has 1 aliphatic carbocycles. The molecular weight excluding hydrogens is 244 g/mol. The number of pyridine rings is 1. The first-order valence-electron chi connectivity index (χ1n) is 6.65. The van der Waals surface area contributed by atoms with Crippen LogP contribution in [0.5, 0.6) is 0 Å². The zero-order valence-electron chi connectivity index (χ0n) is 10.7. The number of hydrogen-bond acceptors (Lipinski definition) is 5. The molecule has 2 aliphatic rings. The van der Waals surface area contributed by atoms with Gasteiger partial charge in [0.1, 0.15) is 0 Å². The summed E-state index contributed by atoms with van der Waals surface area (Å²) in [6, 6.07) is 3.71. The van der Waals surface area contributed by atoms with Crippen LogP contribution in [0.3, 0.4) is 0 Å². The van der Waals surface area contributed by atoms with Crippen LogP contribution in [0, 0.1) is 0 Å². The van der Waals surface area contributed by atoms with Gasteiger partial charge in [-0.05, 0) is 31.4 Å². The van der Waals surface area contributed by atoms with Crippen molar-refractivity contribution in [3.8, 4) is 0 Å². The van der Waals surface area contributed by atoms with Crippen LogP contribution in [0.4, 0.5) is 5.82 Å². The number of nitrogens with two attached hydrogens (primary N) is 1. The number of rotatable bonds is 2.